The van der Waals surface area contributed by atoms with Gasteiger partial charge in [0.25, 0.3) is 0 Å². The largest absolute Gasteiger partial charge is 0.466 e. The molecule has 0 aromatic carbocycles. The average Bonchev–Trinajstić information content (AvgIpc) is 3.22. The van der Waals surface area contributed by atoms with E-state index in [0.717, 1.165) is 24.3 Å². The summed E-state index contributed by atoms with van der Waals surface area (Å²) in [6.07, 6.45) is 9.35. The minimum atomic E-state index is -0.727. The van der Waals surface area contributed by atoms with Crippen molar-refractivity contribution in [3.63, 3.8) is 0 Å². The fourth-order valence-corrected chi connectivity index (χ4v) is 1.87. The summed E-state index contributed by atoms with van der Waals surface area (Å²) in [4.78, 5) is 49.2. The summed E-state index contributed by atoms with van der Waals surface area (Å²) in [5, 5.41) is 0. The van der Waals surface area contributed by atoms with Gasteiger partial charge in [0.1, 0.15) is 0 Å². The van der Waals surface area contributed by atoms with Gasteiger partial charge in [-0.15, -0.1) is 0 Å². The average molecular weight is 394 g/mol. The molecule has 10 nitrogen and oxygen atoms in total. The van der Waals surface area contributed by atoms with Crippen molar-refractivity contribution in [1.29, 1.82) is 0 Å². The van der Waals surface area contributed by atoms with Crippen LogP contribution in [-0.4, -0.2) is 60.9 Å². The molecular formula is C18H22N2O8. The second kappa shape index (κ2) is 12.8. The van der Waals surface area contributed by atoms with Gasteiger partial charge in [0.15, 0.2) is 0 Å². The molecule has 0 saturated heterocycles. The zero-order chi connectivity index (χ0) is 20.8. The lowest BCUT2D eigenvalue weighted by molar-refractivity contribution is -0.144. The van der Waals surface area contributed by atoms with Crippen LogP contribution in [0, 0.1) is 5.92 Å². The lowest BCUT2D eigenvalue weighted by Crippen LogP contribution is -2.21. The number of aromatic nitrogens is 2. The van der Waals surface area contributed by atoms with E-state index in [-0.39, 0.29) is 19.1 Å². The Bertz CT molecular complexity index is 667. The third kappa shape index (κ3) is 9.90. The number of hydrogen-bond donors (Lipinski definition) is 0. The molecule has 0 spiro atoms. The Balaban J connectivity index is 2.55. The minimum absolute atomic E-state index is 0.0347. The van der Waals surface area contributed by atoms with E-state index in [1.165, 1.54) is 14.2 Å². The third-order valence-electron chi connectivity index (χ3n) is 3.39. The summed E-state index contributed by atoms with van der Waals surface area (Å²) in [5.74, 6) is -3.13. The molecule has 0 aliphatic heterocycles. The summed E-state index contributed by atoms with van der Waals surface area (Å²) in [5.41, 5.74) is 0. The van der Waals surface area contributed by atoms with Crippen molar-refractivity contribution < 1.29 is 38.1 Å². The molecule has 1 aromatic heterocycles. The summed E-state index contributed by atoms with van der Waals surface area (Å²) in [6.45, 7) is 0.496. The van der Waals surface area contributed by atoms with E-state index >= 15 is 0 Å². The topological polar surface area (TPSA) is 123 Å². The summed E-state index contributed by atoms with van der Waals surface area (Å²) in [7, 11) is 2.38. The number of esters is 4. The molecule has 0 saturated carbocycles. The Morgan fingerprint density at radius 2 is 1.39 bits per heavy atom. The van der Waals surface area contributed by atoms with Gasteiger partial charge in [-0.25, -0.2) is 24.2 Å². The first kappa shape index (κ1) is 22.6. The maximum absolute atomic E-state index is 11.6. The van der Waals surface area contributed by atoms with Gasteiger partial charge in [-0.2, -0.15) is 0 Å². The van der Waals surface area contributed by atoms with Crippen LogP contribution in [0.4, 0.5) is 0 Å². The molecule has 0 amide bonds. The predicted octanol–water partition coefficient (Wildman–Crippen LogP) is 0.434. The van der Waals surface area contributed by atoms with Crippen LogP contribution in [-0.2, 0) is 44.7 Å². The van der Waals surface area contributed by atoms with Crippen molar-refractivity contribution in [3.05, 3.63) is 43.0 Å². The molecule has 0 atom stereocenters. The van der Waals surface area contributed by atoms with E-state index in [9.17, 15) is 19.2 Å². The lowest BCUT2D eigenvalue weighted by atomic mass is 10.1. The monoisotopic (exact) mass is 394 g/mol. The number of carbonyl (C=O) groups is 4. The number of aryl methyl sites for hydroxylation is 1. The Labute approximate surface area is 161 Å². The van der Waals surface area contributed by atoms with Crippen LogP contribution < -0.4 is 0 Å². The van der Waals surface area contributed by atoms with Gasteiger partial charge in [-0.1, -0.05) is 0 Å². The maximum atomic E-state index is 11.6. The molecule has 0 fully saturated rings. The molecule has 28 heavy (non-hydrogen) atoms. The highest BCUT2D eigenvalue weighted by molar-refractivity contribution is 5.92. The SMILES string of the molecule is COC(=O)/C=C/C(=O)OCC(CCn1ccnc1)COC(=O)/C=C/C(=O)OC. The van der Waals surface area contributed by atoms with E-state index in [4.69, 9.17) is 9.47 Å². The van der Waals surface area contributed by atoms with Crippen LogP contribution in [0.3, 0.4) is 0 Å². The molecular weight excluding hydrogens is 372 g/mol. The smallest absolute Gasteiger partial charge is 0.331 e. The molecule has 0 aliphatic rings. The van der Waals surface area contributed by atoms with Gasteiger partial charge in [-0.05, 0) is 6.42 Å². The highest BCUT2D eigenvalue weighted by atomic mass is 16.5. The third-order valence-corrected chi connectivity index (χ3v) is 3.39. The van der Waals surface area contributed by atoms with Gasteiger partial charge >= 0.3 is 23.9 Å². The number of methoxy groups -OCH3 is 2. The highest BCUT2D eigenvalue weighted by Gasteiger charge is 2.14. The number of hydrogen-bond acceptors (Lipinski definition) is 9. The lowest BCUT2D eigenvalue weighted by Gasteiger charge is -2.16. The van der Waals surface area contributed by atoms with Crippen molar-refractivity contribution in [2.24, 2.45) is 5.92 Å². The number of carbonyl (C=O) groups excluding carboxylic acids is 4. The second-order valence-corrected chi connectivity index (χ2v) is 5.43. The Morgan fingerprint density at radius 3 is 1.82 bits per heavy atom. The fourth-order valence-electron chi connectivity index (χ4n) is 1.87. The Morgan fingerprint density at radius 1 is 0.893 bits per heavy atom. The number of ether oxygens (including phenoxy) is 4. The van der Waals surface area contributed by atoms with E-state index < -0.39 is 23.9 Å². The molecule has 1 rings (SSSR count). The predicted molar refractivity (Wildman–Crippen MR) is 94.6 cm³/mol. The van der Waals surface area contributed by atoms with E-state index in [2.05, 4.69) is 14.5 Å². The number of nitrogens with zero attached hydrogens (tertiary/aromatic N) is 2. The standard InChI is InChI=1S/C18H22N2O8/c1-25-15(21)3-5-17(23)27-11-14(7-9-20-10-8-19-13-20)12-28-18(24)6-4-16(22)26-2/h3-6,8,10,13-14H,7,9,11-12H2,1-2H3/b5-3+,6-4+. The second-order valence-electron chi connectivity index (χ2n) is 5.43. The molecule has 0 N–H and O–H groups in total. The number of imidazole rings is 1. The van der Waals surface area contributed by atoms with Crippen LogP contribution in [0.25, 0.3) is 0 Å². The van der Waals surface area contributed by atoms with E-state index in [0.29, 0.717) is 13.0 Å². The van der Waals surface area contributed by atoms with Gasteiger partial charge in [0, 0.05) is 49.2 Å². The van der Waals surface area contributed by atoms with Crippen molar-refractivity contribution in [2.75, 3.05) is 27.4 Å². The van der Waals surface area contributed by atoms with Gasteiger partial charge in [0.2, 0.25) is 0 Å². The van der Waals surface area contributed by atoms with Crippen molar-refractivity contribution in [3.8, 4) is 0 Å². The first-order valence-corrected chi connectivity index (χ1v) is 8.26. The van der Waals surface area contributed by atoms with E-state index in [1.54, 1.807) is 18.7 Å². The Hall–Kier alpha value is -3.43. The molecule has 1 heterocycles. The molecule has 152 valence electrons. The van der Waals surface area contributed by atoms with Gasteiger partial charge in [-0.3, -0.25) is 0 Å². The summed E-state index contributed by atoms with van der Waals surface area (Å²) >= 11 is 0. The van der Waals surface area contributed by atoms with Crippen LogP contribution in [0.1, 0.15) is 6.42 Å². The summed E-state index contributed by atoms with van der Waals surface area (Å²) in [6, 6.07) is 0. The highest BCUT2D eigenvalue weighted by Crippen LogP contribution is 2.08. The van der Waals surface area contributed by atoms with Crippen LogP contribution in [0.2, 0.25) is 0 Å². The van der Waals surface area contributed by atoms with Crippen LogP contribution >= 0.6 is 0 Å². The van der Waals surface area contributed by atoms with Crippen LogP contribution in [0.5, 0.6) is 0 Å². The van der Waals surface area contributed by atoms with Gasteiger partial charge in [0.05, 0.1) is 33.8 Å². The van der Waals surface area contributed by atoms with Crippen molar-refractivity contribution in [2.45, 2.75) is 13.0 Å². The molecule has 0 aliphatic carbocycles. The first-order valence-electron chi connectivity index (χ1n) is 8.26. The number of rotatable bonds is 11. The normalized spacial score (nSPS) is 11.0. The molecule has 10 heteroatoms. The molecule has 1 aromatic rings. The first-order chi connectivity index (χ1) is 13.4. The van der Waals surface area contributed by atoms with Crippen molar-refractivity contribution in [1.82, 2.24) is 9.55 Å². The maximum Gasteiger partial charge on any atom is 0.331 e. The molecule has 0 unspecified atom stereocenters. The van der Waals surface area contributed by atoms with E-state index in [1.807, 2.05) is 4.57 Å². The molecule has 0 bridgehead atoms. The minimum Gasteiger partial charge on any atom is -0.466 e. The van der Waals surface area contributed by atoms with Crippen molar-refractivity contribution >= 4 is 23.9 Å². The van der Waals surface area contributed by atoms with Crippen LogP contribution in [0.15, 0.2) is 43.0 Å². The zero-order valence-electron chi connectivity index (χ0n) is 15.6. The summed E-state index contributed by atoms with van der Waals surface area (Å²) < 4.78 is 20.7. The zero-order valence-corrected chi connectivity index (χ0v) is 15.6. The quantitative estimate of drug-likeness (QED) is 0.299. The fraction of sp³-hybridized carbons (Fsp3) is 0.389. The Kier molecular flexibility index (Phi) is 10.4. The van der Waals surface area contributed by atoms with Gasteiger partial charge < -0.3 is 23.5 Å². The molecule has 0 radical (unpaired) electrons.